The number of phenolic OH excluding ortho intramolecular Hbond substituents is 1. The van der Waals surface area contributed by atoms with Crippen LogP contribution in [0.15, 0.2) is 23.3 Å². The first-order valence-corrected chi connectivity index (χ1v) is 11.0. The zero-order valence-corrected chi connectivity index (χ0v) is 18.0. The molecule has 0 aliphatic carbocycles. The number of carbonyl (C=O) groups is 1. The Kier molecular flexibility index (Phi) is 12.8. The number of phenols is 1. The van der Waals surface area contributed by atoms with Gasteiger partial charge >= 0.3 is 0 Å². The lowest BCUT2D eigenvalue weighted by atomic mass is 10.1. The molecule has 2 N–H and O–H groups in total. The summed E-state index contributed by atoms with van der Waals surface area (Å²) in [5.74, 6) is 0.0970. The van der Waals surface area contributed by atoms with Crippen molar-refractivity contribution in [1.29, 1.82) is 0 Å². The zero-order valence-electron chi connectivity index (χ0n) is 18.0. The van der Waals surface area contributed by atoms with Crippen LogP contribution in [0.5, 0.6) is 5.75 Å². The lowest BCUT2D eigenvalue weighted by Gasteiger charge is -2.21. The molecule has 0 aliphatic rings. The number of aromatic hydroxyl groups is 1. The third kappa shape index (κ3) is 9.77. The highest BCUT2D eigenvalue weighted by Gasteiger charge is 2.06. The summed E-state index contributed by atoms with van der Waals surface area (Å²) >= 11 is 0. The second kappa shape index (κ2) is 14.9. The van der Waals surface area contributed by atoms with Gasteiger partial charge in [0.25, 0.3) is 0 Å². The first-order valence-electron chi connectivity index (χ1n) is 11.0. The highest BCUT2D eigenvalue weighted by molar-refractivity contribution is 5.86. The van der Waals surface area contributed by atoms with Gasteiger partial charge in [-0.3, -0.25) is 4.79 Å². The van der Waals surface area contributed by atoms with Crippen LogP contribution in [-0.2, 0) is 4.79 Å². The number of carbonyl (C=O) groups excluding carboxylic acids is 1. The van der Waals surface area contributed by atoms with Gasteiger partial charge < -0.3 is 10.0 Å². The summed E-state index contributed by atoms with van der Waals surface area (Å²) in [4.78, 5) is 14.0. The average molecular weight is 390 g/mol. The summed E-state index contributed by atoms with van der Waals surface area (Å²) in [5.41, 5.74) is 4.13. The van der Waals surface area contributed by atoms with E-state index in [1.165, 1.54) is 51.2 Å². The molecule has 0 aliphatic heterocycles. The first kappa shape index (κ1) is 24.0. The molecule has 0 unspecified atom stereocenters. The Morgan fingerprint density at radius 2 is 1.61 bits per heavy atom. The quantitative estimate of drug-likeness (QED) is 0.233. The van der Waals surface area contributed by atoms with E-state index in [0.717, 1.165) is 31.6 Å². The van der Waals surface area contributed by atoms with Crippen LogP contribution >= 0.6 is 0 Å². The molecule has 5 heteroatoms. The van der Waals surface area contributed by atoms with E-state index in [0.29, 0.717) is 12.0 Å². The molecule has 1 aromatic carbocycles. The number of unbranched alkanes of at least 4 members (excludes halogenated alkanes) is 8. The van der Waals surface area contributed by atoms with Crippen molar-refractivity contribution in [3.05, 3.63) is 23.8 Å². The van der Waals surface area contributed by atoms with Crippen molar-refractivity contribution >= 4 is 17.8 Å². The van der Waals surface area contributed by atoms with Crippen LogP contribution in [0.4, 0.5) is 5.69 Å². The summed E-state index contributed by atoms with van der Waals surface area (Å²) in [6.07, 6.45) is 13.1. The lowest BCUT2D eigenvalue weighted by Crippen LogP contribution is -2.21. The highest BCUT2D eigenvalue weighted by atomic mass is 16.3. The minimum absolute atomic E-state index is 0.0709. The standard InChI is InChI=1S/C23H39N3O2/c1-4-7-8-9-10-11-12-13-14-15-23(28)25-24-19-20-16-17-21(18-22(20)27)26(5-2)6-3/h16-19,27H,4-15H2,1-3H3,(H,25,28). The number of anilines is 1. The van der Waals surface area contributed by atoms with Crippen LogP contribution in [0.3, 0.4) is 0 Å². The van der Waals surface area contributed by atoms with Crippen molar-refractivity contribution in [3.63, 3.8) is 0 Å². The molecule has 1 aromatic rings. The fourth-order valence-corrected chi connectivity index (χ4v) is 3.25. The number of rotatable bonds is 15. The average Bonchev–Trinajstić information content (AvgIpc) is 2.69. The summed E-state index contributed by atoms with van der Waals surface area (Å²) < 4.78 is 0. The van der Waals surface area contributed by atoms with E-state index >= 15 is 0 Å². The Hall–Kier alpha value is -2.04. The Labute approximate surface area is 171 Å². The van der Waals surface area contributed by atoms with Gasteiger partial charge in [-0.25, -0.2) is 5.43 Å². The van der Waals surface area contributed by atoms with Crippen LogP contribution in [0.1, 0.15) is 90.5 Å². The van der Waals surface area contributed by atoms with Crippen LogP contribution in [0.25, 0.3) is 0 Å². The molecule has 1 amide bonds. The summed E-state index contributed by atoms with van der Waals surface area (Å²) in [6.45, 7) is 8.18. The van der Waals surface area contributed by atoms with Gasteiger partial charge in [-0.1, -0.05) is 58.3 Å². The Morgan fingerprint density at radius 3 is 2.18 bits per heavy atom. The van der Waals surface area contributed by atoms with Gasteiger partial charge in [-0.15, -0.1) is 0 Å². The molecule has 0 fully saturated rings. The van der Waals surface area contributed by atoms with Crippen molar-refractivity contribution in [1.82, 2.24) is 5.43 Å². The second-order valence-corrected chi connectivity index (χ2v) is 7.29. The van der Waals surface area contributed by atoms with Crippen LogP contribution < -0.4 is 10.3 Å². The minimum atomic E-state index is -0.0709. The van der Waals surface area contributed by atoms with E-state index in [4.69, 9.17) is 0 Å². The molecule has 0 heterocycles. The van der Waals surface area contributed by atoms with Crippen LogP contribution in [-0.4, -0.2) is 30.3 Å². The van der Waals surface area contributed by atoms with E-state index in [9.17, 15) is 9.90 Å². The van der Waals surface area contributed by atoms with E-state index in [-0.39, 0.29) is 11.7 Å². The number of nitrogens with zero attached hydrogens (tertiary/aromatic N) is 2. The first-order chi connectivity index (χ1) is 13.6. The summed E-state index contributed by atoms with van der Waals surface area (Å²) in [5, 5.41) is 14.1. The third-order valence-electron chi connectivity index (χ3n) is 5.04. The summed E-state index contributed by atoms with van der Waals surface area (Å²) in [6, 6.07) is 5.51. The predicted octanol–water partition coefficient (Wildman–Crippen LogP) is 5.61. The van der Waals surface area contributed by atoms with Crippen molar-refractivity contribution < 1.29 is 9.90 Å². The molecule has 0 atom stereocenters. The lowest BCUT2D eigenvalue weighted by molar-refractivity contribution is -0.121. The number of hydrogen-bond donors (Lipinski definition) is 2. The van der Waals surface area contributed by atoms with Crippen LogP contribution in [0, 0.1) is 0 Å². The van der Waals surface area contributed by atoms with E-state index < -0.39 is 0 Å². The van der Waals surface area contributed by atoms with Gasteiger partial charge in [-0.2, -0.15) is 5.10 Å². The minimum Gasteiger partial charge on any atom is -0.507 e. The predicted molar refractivity (Wildman–Crippen MR) is 119 cm³/mol. The number of hydrazone groups is 1. The molecule has 158 valence electrons. The summed E-state index contributed by atoms with van der Waals surface area (Å²) in [7, 11) is 0. The Balaban J connectivity index is 2.23. The SMILES string of the molecule is CCCCCCCCCCCC(=O)NN=Cc1ccc(N(CC)CC)cc1O. The molecule has 0 radical (unpaired) electrons. The molecule has 1 rings (SSSR count). The molecular weight excluding hydrogens is 350 g/mol. The zero-order chi connectivity index (χ0) is 20.6. The highest BCUT2D eigenvalue weighted by Crippen LogP contribution is 2.23. The molecule has 28 heavy (non-hydrogen) atoms. The third-order valence-corrected chi connectivity index (χ3v) is 5.04. The van der Waals surface area contributed by atoms with Crippen molar-refractivity contribution in [3.8, 4) is 5.75 Å². The van der Waals surface area contributed by atoms with E-state index in [1.807, 2.05) is 12.1 Å². The van der Waals surface area contributed by atoms with Gasteiger partial charge in [0.15, 0.2) is 0 Å². The number of amides is 1. The maximum atomic E-state index is 11.9. The molecule has 0 spiro atoms. The van der Waals surface area contributed by atoms with Gasteiger partial charge in [-0.05, 0) is 32.4 Å². The number of hydrogen-bond acceptors (Lipinski definition) is 4. The van der Waals surface area contributed by atoms with Gasteiger partial charge in [0.2, 0.25) is 5.91 Å². The van der Waals surface area contributed by atoms with Crippen molar-refractivity contribution in [2.45, 2.75) is 85.0 Å². The van der Waals surface area contributed by atoms with E-state index in [2.05, 4.69) is 36.2 Å². The molecule has 0 aromatic heterocycles. The van der Waals surface area contributed by atoms with Gasteiger partial charge in [0.05, 0.1) is 6.21 Å². The maximum Gasteiger partial charge on any atom is 0.240 e. The largest absolute Gasteiger partial charge is 0.507 e. The van der Waals surface area contributed by atoms with Gasteiger partial charge in [0.1, 0.15) is 5.75 Å². The molecule has 0 saturated carbocycles. The fourth-order valence-electron chi connectivity index (χ4n) is 3.25. The van der Waals surface area contributed by atoms with Crippen molar-refractivity contribution in [2.75, 3.05) is 18.0 Å². The Morgan fingerprint density at radius 1 is 1.00 bits per heavy atom. The topological polar surface area (TPSA) is 64.9 Å². The van der Waals surface area contributed by atoms with Crippen LogP contribution in [0.2, 0.25) is 0 Å². The molecule has 0 bridgehead atoms. The molecular formula is C23H39N3O2. The monoisotopic (exact) mass is 389 g/mol. The number of nitrogens with one attached hydrogen (secondary N) is 1. The maximum absolute atomic E-state index is 11.9. The smallest absolute Gasteiger partial charge is 0.240 e. The van der Waals surface area contributed by atoms with Crippen molar-refractivity contribution in [2.24, 2.45) is 5.10 Å². The van der Waals surface area contributed by atoms with Gasteiger partial charge in [0, 0.05) is 36.8 Å². The van der Waals surface area contributed by atoms with E-state index in [1.54, 1.807) is 6.07 Å². The second-order valence-electron chi connectivity index (χ2n) is 7.29. The normalized spacial score (nSPS) is 11.1. The molecule has 0 saturated heterocycles. The fraction of sp³-hybridized carbons (Fsp3) is 0.652. The Bertz CT molecular complexity index is 583. The number of benzene rings is 1. The molecule has 5 nitrogen and oxygen atoms in total.